The summed E-state index contributed by atoms with van der Waals surface area (Å²) < 4.78 is 2.32. The molecule has 1 aliphatic carbocycles. The number of hydrogen-bond acceptors (Lipinski definition) is 0. The quantitative estimate of drug-likeness (QED) is 0.353. The molecule has 0 aromatic heterocycles. The molecule has 0 bridgehead atoms. The van der Waals surface area contributed by atoms with E-state index in [0.717, 1.165) is 15.4 Å². The summed E-state index contributed by atoms with van der Waals surface area (Å²) in [6.07, 6.45) is 6.73. The summed E-state index contributed by atoms with van der Waals surface area (Å²) in [5.41, 5.74) is 5.77. The Hall–Kier alpha value is -0.860. The van der Waals surface area contributed by atoms with E-state index in [0.29, 0.717) is 0 Å². The lowest BCUT2D eigenvalue weighted by molar-refractivity contribution is 0.497. The van der Waals surface area contributed by atoms with Gasteiger partial charge in [0.15, 0.2) is 0 Å². The summed E-state index contributed by atoms with van der Waals surface area (Å²) in [6, 6.07) is 13.4. The van der Waals surface area contributed by atoms with Crippen molar-refractivity contribution in [3.63, 3.8) is 0 Å². The molecular weight excluding hydrogens is 400 g/mol. The summed E-state index contributed by atoms with van der Waals surface area (Å²) in [7, 11) is 0. The van der Waals surface area contributed by atoms with Gasteiger partial charge in [-0.05, 0) is 65.8 Å². The van der Waals surface area contributed by atoms with E-state index < -0.39 is 0 Å². The molecule has 0 heterocycles. The topological polar surface area (TPSA) is 0 Å². The van der Waals surface area contributed by atoms with Crippen molar-refractivity contribution in [1.82, 2.24) is 0 Å². The standard InChI is InChI=1S/C20H20Br2/c1-3-4-5-6-11-20(2)18-12-14(21)7-9-16(18)17-10-8-15(22)13-19(17)20/h3,7-10,12-13H,1,4-6,11H2,2H3. The van der Waals surface area contributed by atoms with E-state index in [9.17, 15) is 0 Å². The van der Waals surface area contributed by atoms with E-state index in [4.69, 9.17) is 0 Å². The lowest BCUT2D eigenvalue weighted by Gasteiger charge is -2.28. The van der Waals surface area contributed by atoms with Crippen LogP contribution in [0.4, 0.5) is 0 Å². The van der Waals surface area contributed by atoms with E-state index in [1.165, 1.54) is 41.5 Å². The molecule has 0 spiro atoms. The zero-order valence-corrected chi connectivity index (χ0v) is 16.0. The second-order valence-electron chi connectivity index (χ2n) is 6.25. The highest BCUT2D eigenvalue weighted by Gasteiger charge is 2.38. The summed E-state index contributed by atoms with van der Waals surface area (Å²) in [5.74, 6) is 0. The lowest BCUT2D eigenvalue weighted by atomic mass is 9.76. The average Bonchev–Trinajstić information content (AvgIpc) is 2.73. The van der Waals surface area contributed by atoms with Gasteiger partial charge in [-0.3, -0.25) is 0 Å². The second-order valence-corrected chi connectivity index (χ2v) is 8.08. The maximum absolute atomic E-state index is 3.83. The predicted octanol–water partition coefficient (Wildman–Crippen LogP) is 7.24. The van der Waals surface area contributed by atoms with Crippen LogP contribution in [0.15, 0.2) is 58.0 Å². The minimum atomic E-state index is 0.0966. The molecule has 0 fully saturated rings. The van der Waals surface area contributed by atoms with Crippen molar-refractivity contribution >= 4 is 31.9 Å². The normalized spacial score (nSPS) is 14.5. The van der Waals surface area contributed by atoms with Crippen LogP contribution in [-0.2, 0) is 5.41 Å². The third kappa shape index (κ3) is 2.72. The number of allylic oxidation sites excluding steroid dienone is 1. The van der Waals surface area contributed by atoms with Crippen LogP contribution in [0.5, 0.6) is 0 Å². The van der Waals surface area contributed by atoms with Crippen LogP contribution < -0.4 is 0 Å². The average molecular weight is 420 g/mol. The molecule has 2 heteroatoms. The first-order valence-electron chi connectivity index (χ1n) is 7.77. The Balaban J connectivity index is 2.06. The van der Waals surface area contributed by atoms with Crippen molar-refractivity contribution in [2.45, 2.75) is 38.0 Å². The van der Waals surface area contributed by atoms with Crippen molar-refractivity contribution in [2.75, 3.05) is 0 Å². The molecule has 2 aromatic rings. The van der Waals surface area contributed by atoms with Crippen molar-refractivity contribution in [3.05, 3.63) is 69.1 Å². The maximum atomic E-state index is 3.83. The molecule has 22 heavy (non-hydrogen) atoms. The highest BCUT2D eigenvalue weighted by molar-refractivity contribution is 9.10. The van der Waals surface area contributed by atoms with Gasteiger partial charge in [0.2, 0.25) is 0 Å². The molecule has 0 saturated heterocycles. The fourth-order valence-corrected chi connectivity index (χ4v) is 4.32. The molecule has 0 aliphatic heterocycles. The van der Waals surface area contributed by atoms with Crippen LogP contribution in [0, 0.1) is 0 Å². The molecular formula is C20H20Br2. The maximum Gasteiger partial charge on any atom is 0.0187 e. The van der Waals surface area contributed by atoms with Gasteiger partial charge >= 0.3 is 0 Å². The number of benzene rings is 2. The van der Waals surface area contributed by atoms with Crippen LogP contribution in [0.1, 0.15) is 43.7 Å². The first kappa shape index (κ1) is 16.0. The molecule has 3 rings (SSSR count). The third-order valence-electron chi connectivity index (χ3n) is 4.78. The van der Waals surface area contributed by atoms with Crippen molar-refractivity contribution in [1.29, 1.82) is 0 Å². The summed E-state index contributed by atoms with van der Waals surface area (Å²) in [4.78, 5) is 0. The summed E-state index contributed by atoms with van der Waals surface area (Å²) in [6.45, 7) is 6.22. The largest absolute Gasteiger partial charge is 0.103 e. The Morgan fingerprint density at radius 2 is 1.50 bits per heavy atom. The van der Waals surface area contributed by atoms with Crippen LogP contribution in [0.2, 0.25) is 0 Å². The Labute approximate surface area is 149 Å². The molecule has 1 aliphatic rings. The predicted molar refractivity (Wildman–Crippen MR) is 102 cm³/mol. The number of halogens is 2. The van der Waals surface area contributed by atoms with Gasteiger partial charge in [-0.15, -0.1) is 6.58 Å². The fraction of sp³-hybridized carbons (Fsp3) is 0.300. The van der Waals surface area contributed by atoms with Gasteiger partial charge in [0.05, 0.1) is 0 Å². The summed E-state index contributed by atoms with van der Waals surface area (Å²) in [5, 5.41) is 0. The third-order valence-corrected chi connectivity index (χ3v) is 5.76. The van der Waals surface area contributed by atoms with Gasteiger partial charge in [-0.2, -0.15) is 0 Å². The van der Waals surface area contributed by atoms with Crippen LogP contribution >= 0.6 is 31.9 Å². The zero-order chi connectivity index (χ0) is 15.7. The molecule has 0 N–H and O–H groups in total. The van der Waals surface area contributed by atoms with E-state index in [1.54, 1.807) is 0 Å². The van der Waals surface area contributed by atoms with Gasteiger partial charge < -0.3 is 0 Å². The van der Waals surface area contributed by atoms with Crippen LogP contribution in [-0.4, -0.2) is 0 Å². The van der Waals surface area contributed by atoms with Crippen molar-refractivity contribution in [3.8, 4) is 11.1 Å². The van der Waals surface area contributed by atoms with Gasteiger partial charge in [-0.1, -0.05) is 63.4 Å². The Kier molecular flexibility index (Phi) is 4.61. The Morgan fingerprint density at radius 1 is 0.955 bits per heavy atom. The van der Waals surface area contributed by atoms with E-state index in [-0.39, 0.29) is 5.41 Å². The van der Waals surface area contributed by atoms with E-state index >= 15 is 0 Å². The van der Waals surface area contributed by atoms with Crippen molar-refractivity contribution in [2.24, 2.45) is 0 Å². The molecule has 2 aromatic carbocycles. The highest BCUT2D eigenvalue weighted by atomic mass is 79.9. The van der Waals surface area contributed by atoms with E-state index in [2.05, 4.69) is 81.8 Å². The minimum Gasteiger partial charge on any atom is -0.103 e. The molecule has 0 unspecified atom stereocenters. The van der Waals surface area contributed by atoms with E-state index in [1.807, 2.05) is 6.08 Å². The zero-order valence-electron chi connectivity index (χ0n) is 12.8. The first-order chi connectivity index (χ1) is 10.6. The molecule has 0 saturated carbocycles. The SMILES string of the molecule is C=CCCCCC1(C)c2cc(Br)ccc2-c2ccc(Br)cc21. The lowest BCUT2D eigenvalue weighted by Crippen LogP contribution is -2.20. The number of rotatable bonds is 5. The smallest absolute Gasteiger partial charge is 0.0187 e. The monoisotopic (exact) mass is 418 g/mol. The van der Waals surface area contributed by atoms with Gasteiger partial charge in [0.25, 0.3) is 0 Å². The highest BCUT2D eigenvalue weighted by Crippen LogP contribution is 2.52. The molecule has 0 nitrogen and oxygen atoms in total. The molecule has 0 amide bonds. The number of hydrogen-bond donors (Lipinski definition) is 0. The minimum absolute atomic E-state index is 0.0966. The van der Waals surface area contributed by atoms with Crippen LogP contribution in [0.3, 0.4) is 0 Å². The van der Waals surface area contributed by atoms with Gasteiger partial charge in [0, 0.05) is 14.4 Å². The van der Waals surface area contributed by atoms with Crippen molar-refractivity contribution < 1.29 is 0 Å². The second kappa shape index (κ2) is 6.33. The number of unbranched alkanes of at least 4 members (excludes halogenated alkanes) is 2. The number of fused-ring (bicyclic) bond motifs is 3. The molecule has 0 atom stereocenters. The Bertz CT molecular complexity index is 664. The molecule has 114 valence electrons. The summed E-state index contributed by atoms with van der Waals surface area (Å²) >= 11 is 7.29. The van der Waals surface area contributed by atoms with Crippen LogP contribution in [0.25, 0.3) is 11.1 Å². The Morgan fingerprint density at radius 3 is 2.00 bits per heavy atom. The first-order valence-corrected chi connectivity index (χ1v) is 9.36. The van der Waals surface area contributed by atoms with Gasteiger partial charge in [-0.25, -0.2) is 0 Å². The fourth-order valence-electron chi connectivity index (χ4n) is 3.60. The van der Waals surface area contributed by atoms with Gasteiger partial charge in [0.1, 0.15) is 0 Å². The molecule has 0 radical (unpaired) electrons.